The van der Waals surface area contributed by atoms with Gasteiger partial charge in [0.25, 0.3) is 0 Å². The lowest BCUT2D eigenvalue weighted by atomic mass is 10.00. The third kappa shape index (κ3) is 4.56. The molecule has 0 radical (unpaired) electrons. The van der Waals surface area contributed by atoms with Gasteiger partial charge in [-0.15, -0.1) is 24.0 Å². The number of oxazole rings is 1. The van der Waals surface area contributed by atoms with Crippen LogP contribution in [-0.2, 0) is 0 Å². The first-order chi connectivity index (χ1) is 24.6. The van der Waals surface area contributed by atoms with Crippen LogP contribution in [0.15, 0.2) is 159 Å². The van der Waals surface area contributed by atoms with Crippen molar-refractivity contribution in [2.24, 2.45) is 0 Å². The zero-order valence-electron chi connectivity index (χ0n) is 26.9. The van der Waals surface area contributed by atoms with Gasteiger partial charge in [0.2, 0.25) is 5.89 Å². The second kappa shape index (κ2) is 11.4. The number of fused-ring (bicyclic) bond motifs is 8. The Morgan fingerprint density at radius 2 is 1.36 bits per heavy atom. The summed E-state index contributed by atoms with van der Waals surface area (Å²) in [5.74, 6) is 0.590. The lowest BCUT2D eigenvalue weighted by molar-refractivity contribution is 0.622. The third-order valence-corrected chi connectivity index (χ3v) is 11.1. The SMILES string of the molecule is Cc1ccccc1-c1ccc(N(c2ccc3c(c2)sc2ccccc23)c2cccc3c2oc2ccc4nc(-c5ccccc5)oc4c23)cc1S. The van der Waals surface area contributed by atoms with Crippen LogP contribution < -0.4 is 4.90 Å². The van der Waals surface area contributed by atoms with E-state index in [1.165, 1.54) is 31.3 Å². The molecule has 3 aromatic heterocycles. The first-order valence-electron chi connectivity index (χ1n) is 16.5. The highest BCUT2D eigenvalue weighted by Crippen LogP contribution is 2.47. The van der Waals surface area contributed by atoms with Crippen molar-refractivity contribution in [2.75, 3.05) is 4.90 Å². The number of nitrogens with zero attached hydrogens (tertiary/aromatic N) is 2. The molecule has 10 rings (SSSR count). The summed E-state index contributed by atoms with van der Waals surface area (Å²) in [7, 11) is 0. The van der Waals surface area contributed by atoms with Gasteiger partial charge >= 0.3 is 0 Å². The highest BCUT2D eigenvalue weighted by atomic mass is 32.1. The van der Waals surface area contributed by atoms with Crippen molar-refractivity contribution in [1.82, 2.24) is 4.98 Å². The van der Waals surface area contributed by atoms with Crippen LogP contribution in [0.4, 0.5) is 17.1 Å². The van der Waals surface area contributed by atoms with Crippen LogP contribution in [0.2, 0.25) is 0 Å². The summed E-state index contributed by atoms with van der Waals surface area (Å²) in [5, 5.41) is 4.41. The standard InChI is InChI=1S/C44H28N2O2S2/c1-26-10-5-6-13-30(26)31-20-18-28(24-38(31)49)46(29-19-21-33-32-14-7-8-17-39(32)50-40(33)25-29)36-16-9-15-34-41-37(47-42(34)36)23-22-35-43(41)48-44(45-35)27-11-3-2-4-12-27/h2-25,49H,1H3. The zero-order valence-corrected chi connectivity index (χ0v) is 28.6. The Kier molecular flexibility index (Phi) is 6.63. The van der Waals surface area contributed by atoms with E-state index in [1.54, 1.807) is 0 Å². The minimum Gasteiger partial charge on any atom is -0.454 e. The monoisotopic (exact) mass is 680 g/mol. The number of aromatic nitrogens is 1. The smallest absolute Gasteiger partial charge is 0.227 e. The molecule has 238 valence electrons. The predicted molar refractivity (Wildman–Crippen MR) is 212 cm³/mol. The summed E-state index contributed by atoms with van der Waals surface area (Å²) in [6.45, 7) is 2.14. The summed E-state index contributed by atoms with van der Waals surface area (Å²) < 4.78 is 15.7. The van der Waals surface area contributed by atoms with Crippen molar-refractivity contribution < 1.29 is 8.83 Å². The van der Waals surface area contributed by atoms with Gasteiger partial charge in [-0.05, 0) is 84.3 Å². The van der Waals surface area contributed by atoms with E-state index in [4.69, 9.17) is 26.4 Å². The lowest BCUT2D eigenvalue weighted by Gasteiger charge is -2.26. The molecule has 0 aliphatic carbocycles. The number of para-hydroxylation sites is 1. The number of rotatable bonds is 5. The molecule has 4 nitrogen and oxygen atoms in total. The zero-order chi connectivity index (χ0) is 33.3. The van der Waals surface area contributed by atoms with E-state index in [-0.39, 0.29) is 0 Å². The average molecular weight is 681 g/mol. The number of thiophene rings is 1. The van der Waals surface area contributed by atoms with Gasteiger partial charge in [0, 0.05) is 47.4 Å². The number of anilines is 3. The van der Waals surface area contributed by atoms with Gasteiger partial charge in [-0.1, -0.05) is 84.9 Å². The Bertz CT molecular complexity index is 2920. The molecule has 10 aromatic rings. The molecule has 50 heavy (non-hydrogen) atoms. The van der Waals surface area contributed by atoms with Crippen LogP contribution in [-0.4, -0.2) is 4.98 Å². The summed E-state index contributed by atoms with van der Waals surface area (Å²) in [6, 6.07) is 50.6. The highest BCUT2D eigenvalue weighted by Gasteiger charge is 2.23. The van der Waals surface area contributed by atoms with Crippen molar-refractivity contribution >= 4 is 94.2 Å². The van der Waals surface area contributed by atoms with Crippen LogP contribution in [0.25, 0.3) is 75.8 Å². The molecule has 0 fully saturated rings. The minimum absolute atomic E-state index is 0.590. The molecule has 0 bridgehead atoms. The van der Waals surface area contributed by atoms with Crippen molar-refractivity contribution in [3.05, 3.63) is 151 Å². The van der Waals surface area contributed by atoms with Crippen LogP contribution in [0.3, 0.4) is 0 Å². The van der Waals surface area contributed by atoms with E-state index in [0.717, 1.165) is 66.1 Å². The summed E-state index contributed by atoms with van der Waals surface area (Å²) >= 11 is 6.87. The number of thiol groups is 1. The molecule has 7 aromatic carbocycles. The van der Waals surface area contributed by atoms with E-state index in [1.807, 2.05) is 53.8 Å². The summed E-state index contributed by atoms with van der Waals surface area (Å²) in [5.41, 5.74) is 10.4. The Balaban J connectivity index is 1.20. The molecular weight excluding hydrogens is 653 g/mol. The van der Waals surface area contributed by atoms with Gasteiger partial charge in [-0.2, -0.15) is 0 Å². The Labute approximate surface area is 297 Å². The van der Waals surface area contributed by atoms with Crippen molar-refractivity contribution in [3.8, 4) is 22.6 Å². The van der Waals surface area contributed by atoms with Crippen molar-refractivity contribution in [2.45, 2.75) is 11.8 Å². The molecule has 0 saturated carbocycles. The van der Waals surface area contributed by atoms with E-state index in [2.05, 4.69) is 115 Å². The van der Waals surface area contributed by atoms with Crippen LogP contribution in [0, 0.1) is 6.92 Å². The molecule has 0 atom stereocenters. The molecule has 0 saturated heterocycles. The maximum atomic E-state index is 6.76. The maximum Gasteiger partial charge on any atom is 0.227 e. The van der Waals surface area contributed by atoms with Crippen LogP contribution >= 0.6 is 24.0 Å². The van der Waals surface area contributed by atoms with E-state index in [0.29, 0.717) is 5.89 Å². The molecule has 6 heteroatoms. The van der Waals surface area contributed by atoms with Gasteiger partial charge in [0.1, 0.15) is 11.1 Å². The van der Waals surface area contributed by atoms with Crippen LogP contribution in [0.1, 0.15) is 5.56 Å². The normalized spacial score (nSPS) is 11.8. The van der Waals surface area contributed by atoms with Gasteiger partial charge in [-0.3, -0.25) is 0 Å². The third-order valence-electron chi connectivity index (χ3n) is 9.55. The molecule has 3 heterocycles. The Morgan fingerprint density at radius 3 is 2.24 bits per heavy atom. The van der Waals surface area contributed by atoms with Gasteiger partial charge in [0.05, 0.1) is 11.1 Å². The van der Waals surface area contributed by atoms with Crippen molar-refractivity contribution in [3.63, 3.8) is 0 Å². The molecule has 0 aliphatic heterocycles. The second-order valence-corrected chi connectivity index (χ2v) is 14.1. The van der Waals surface area contributed by atoms with Crippen LogP contribution in [0.5, 0.6) is 0 Å². The Morgan fingerprint density at radius 1 is 0.600 bits per heavy atom. The number of hydrogen-bond donors (Lipinski definition) is 1. The predicted octanol–water partition coefficient (Wildman–Crippen LogP) is 13.5. The number of benzene rings is 7. The van der Waals surface area contributed by atoms with E-state index >= 15 is 0 Å². The molecule has 0 N–H and O–H groups in total. The molecule has 0 spiro atoms. The Hall–Kier alpha value is -5.82. The summed E-state index contributed by atoms with van der Waals surface area (Å²) in [6.07, 6.45) is 0. The first kappa shape index (κ1) is 29.1. The van der Waals surface area contributed by atoms with E-state index in [9.17, 15) is 0 Å². The fourth-order valence-corrected chi connectivity index (χ4v) is 8.64. The van der Waals surface area contributed by atoms with Gasteiger partial charge < -0.3 is 13.7 Å². The fourth-order valence-electron chi connectivity index (χ4n) is 7.18. The fraction of sp³-hybridized carbons (Fsp3) is 0.0227. The number of furan rings is 1. The quantitative estimate of drug-likeness (QED) is 0.184. The minimum atomic E-state index is 0.590. The number of aryl methyl sites for hydroxylation is 1. The molecule has 0 amide bonds. The molecular formula is C44H28N2O2S2. The number of hydrogen-bond acceptors (Lipinski definition) is 6. The molecule has 0 unspecified atom stereocenters. The second-order valence-electron chi connectivity index (χ2n) is 12.6. The lowest BCUT2D eigenvalue weighted by Crippen LogP contribution is -2.10. The average Bonchev–Trinajstić information content (AvgIpc) is 3.86. The molecule has 0 aliphatic rings. The van der Waals surface area contributed by atoms with E-state index < -0.39 is 0 Å². The highest BCUT2D eigenvalue weighted by molar-refractivity contribution is 7.80. The van der Waals surface area contributed by atoms with Gasteiger partial charge in [-0.25, -0.2) is 4.98 Å². The van der Waals surface area contributed by atoms with Gasteiger partial charge in [0.15, 0.2) is 11.2 Å². The topological polar surface area (TPSA) is 42.4 Å². The van der Waals surface area contributed by atoms with Crippen molar-refractivity contribution in [1.29, 1.82) is 0 Å². The first-order valence-corrected chi connectivity index (χ1v) is 17.8. The maximum absolute atomic E-state index is 6.76. The largest absolute Gasteiger partial charge is 0.454 e. The summed E-state index contributed by atoms with van der Waals surface area (Å²) in [4.78, 5) is 8.02.